The predicted molar refractivity (Wildman–Crippen MR) is 87.3 cm³/mol. The van der Waals surface area contributed by atoms with Gasteiger partial charge in [-0.3, -0.25) is 0 Å². The molecule has 4 nitrogen and oxygen atoms in total. The zero-order valence-electron chi connectivity index (χ0n) is 12.6. The summed E-state index contributed by atoms with van der Waals surface area (Å²) in [6.45, 7) is 3.24. The molecule has 0 aromatic heterocycles. The number of anilines is 3. The third kappa shape index (κ3) is 4.13. The van der Waals surface area contributed by atoms with Gasteiger partial charge in [-0.15, -0.1) is 0 Å². The van der Waals surface area contributed by atoms with Gasteiger partial charge in [0.15, 0.2) is 0 Å². The first-order valence-electron chi connectivity index (χ1n) is 7.10. The van der Waals surface area contributed by atoms with Gasteiger partial charge in [0.1, 0.15) is 5.75 Å². The van der Waals surface area contributed by atoms with E-state index < -0.39 is 0 Å². The van der Waals surface area contributed by atoms with E-state index in [9.17, 15) is 0 Å². The molecule has 0 bridgehead atoms. The maximum atomic E-state index is 5.90. The first kappa shape index (κ1) is 15.2. The molecule has 0 amide bonds. The molecule has 0 spiro atoms. The molecule has 0 aliphatic heterocycles. The van der Waals surface area contributed by atoms with Crippen LogP contribution in [0.25, 0.3) is 0 Å². The van der Waals surface area contributed by atoms with E-state index in [1.165, 1.54) is 5.56 Å². The van der Waals surface area contributed by atoms with Crippen LogP contribution in [0.3, 0.4) is 0 Å². The lowest BCUT2D eigenvalue weighted by molar-refractivity contribution is 0.202. The molecule has 0 saturated carbocycles. The van der Waals surface area contributed by atoms with E-state index in [0.717, 1.165) is 17.8 Å². The fourth-order valence-corrected chi connectivity index (χ4v) is 2.12. The van der Waals surface area contributed by atoms with Crippen molar-refractivity contribution in [2.75, 3.05) is 31.4 Å². The van der Waals surface area contributed by atoms with Crippen molar-refractivity contribution in [3.63, 3.8) is 0 Å². The molecule has 0 unspecified atom stereocenters. The third-order valence-corrected chi connectivity index (χ3v) is 3.19. The van der Waals surface area contributed by atoms with Crippen LogP contribution in [0.5, 0.6) is 5.75 Å². The van der Waals surface area contributed by atoms with Crippen molar-refractivity contribution < 1.29 is 9.47 Å². The van der Waals surface area contributed by atoms with Gasteiger partial charge >= 0.3 is 0 Å². The number of hydrogen-bond acceptors (Lipinski definition) is 4. The molecule has 2 rings (SSSR count). The van der Waals surface area contributed by atoms with Crippen LogP contribution in [0, 0.1) is 0 Å². The zero-order chi connectivity index (χ0) is 15.1. The van der Waals surface area contributed by atoms with Gasteiger partial charge in [-0.05, 0) is 37.1 Å². The minimum absolute atomic E-state index is 0.595. The van der Waals surface area contributed by atoms with Crippen molar-refractivity contribution in [1.29, 1.82) is 0 Å². The van der Waals surface area contributed by atoms with Crippen molar-refractivity contribution >= 4 is 17.1 Å². The second-order valence-electron chi connectivity index (χ2n) is 4.71. The average molecular weight is 286 g/mol. The highest BCUT2D eigenvalue weighted by molar-refractivity contribution is 5.68. The largest absolute Gasteiger partial charge is 0.492 e. The standard InChI is InChI=1S/C17H22N2O2/c1-3-21-17-12-14(8-9-15(17)18)19-16-7-5-4-6-13(16)10-11-20-2/h4-9,12,19H,3,10-11,18H2,1-2H3. The van der Waals surface area contributed by atoms with Crippen molar-refractivity contribution in [1.82, 2.24) is 0 Å². The summed E-state index contributed by atoms with van der Waals surface area (Å²) in [7, 11) is 1.71. The Labute approximate surface area is 125 Å². The van der Waals surface area contributed by atoms with Gasteiger partial charge in [0, 0.05) is 24.6 Å². The van der Waals surface area contributed by atoms with Gasteiger partial charge < -0.3 is 20.5 Å². The van der Waals surface area contributed by atoms with E-state index in [1.807, 2.05) is 37.3 Å². The summed E-state index contributed by atoms with van der Waals surface area (Å²) in [5.41, 5.74) is 9.79. The molecule has 0 aliphatic carbocycles. The monoisotopic (exact) mass is 286 g/mol. The lowest BCUT2D eigenvalue weighted by atomic mass is 10.1. The number of nitrogens with two attached hydrogens (primary N) is 1. The topological polar surface area (TPSA) is 56.5 Å². The third-order valence-electron chi connectivity index (χ3n) is 3.19. The summed E-state index contributed by atoms with van der Waals surface area (Å²) in [4.78, 5) is 0. The fraction of sp³-hybridized carbons (Fsp3) is 0.294. The molecule has 0 fully saturated rings. The molecule has 0 radical (unpaired) electrons. The molecule has 4 heteroatoms. The molecule has 2 aromatic rings. The van der Waals surface area contributed by atoms with Crippen LogP contribution in [0.4, 0.5) is 17.1 Å². The molecular formula is C17H22N2O2. The Balaban J connectivity index is 2.19. The van der Waals surface area contributed by atoms with E-state index >= 15 is 0 Å². The summed E-state index contributed by atoms with van der Waals surface area (Å²) in [5, 5.41) is 3.42. The molecule has 21 heavy (non-hydrogen) atoms. The van der Waals surface area contributed by atoms with Crippen molar-refractivity contribution in [3.8, 4) is 5.75 Å². The second kappa shape index (κ2) is 7.55. The maximum absolute atomic E-state index is 5.90. The zero-order valence-corrected chi connectivity index (χ0v) is 12.6. The van der Waals surface area contributed by atoms with Crippen LogP contribution in [-0.4, -0.2) is 20.3 Å². The number of rotatable bonds is 7. The number of nitrogens with one attached hydrogen (secondary N) is 1. The second-order valence-corrected chi connectivity index (χ2v) is 4.71. The van der Waals surface area contributed by atoms with Gasteiger partial charge in [-0.25, -0.2) is 0 Å². The molecule has 0 heterocycles. The van der Waals surface area contributed by atoms with Crippen molar-refractivity contribution in [2.24, 2.45) is 0 Å². The molecular weight excluding hydrogens is 264 g/mol. The average Bonchev–Trinajstić information content (AvgIpc) is 2.50. The highest BCUT2D eigenvalue weighted by Crippen LogP contribution is 2.28. The molecule has 0 saturated heterocycles. The highest BCUT2D eigenvalue weighted by atomic mass is 16.5. The SMILES string of the molecule is CCOc1cc(Nc2ccccc2CCOC)ccc1N. The molecule has 0 atom stereocenters. The minimum atomic E-state index is 0.595. The number of para-hydroxylation sites is 1. The number of ether oxygens (including phenoxy) is 2. The van der Waals surface area contributed by atoms with Gasteiger partial charge in [0.05, 0.1) is 18.9 Å². The quantitative estimate of drug-likeness (QED) is 0.764. The predicted octanol–water partition coefficient (Wildman–Crippen LogP) is 3.60. The van der Waals surface area contributed by atoms with E-state index in [1.54, 1.807) is 7.11 Å². The first-order valence-corrected chi connectivity index (χ1v) is 7.10. The minimum Gasteiger partial charge on any atom is -0.492 e. The number of nitrogen functional groups attached to an aromatic ring is 1. The van der Waals surface area contributed by atoms with E-state index in [2.05, 4.69) is 17.4 Å². The lowest BCUT2D eigenvalue weighted by Crippen LogP contribution is -2.01. The van der Waals surface area contributed by atoms with Crippen LogP contribution in [0.1, 0.15) is 12.5 Å². The van der Waals surface area contributed by atoms with Crippen LogP contribution in [0.2, 0.25) is 0 Å². The lowest BCUT2D eigenvalue weighted by Gasteiger charge is -2.14. The number of benzene rings is 2. The Hall–Kier alpha value is -2.20. The molecule has 0 aliphatic rings. The Morgan fingerprint density at radius 3 is 2.71 bits per heavy atom. The van der Waals surface area contributed by atoms with Crippen molar-refractivity contribution in [3.05, 3.63) is 48.0 Å². The smallest absolute Gasteiger partial charge is 0.144 e. The van der Waals surface area contributed by atoms with Gasteiger partial charge in [0.2, 0.25) is 0 Å². The van der Waals surface area contributed by atoms with Gasteiger partial charge in [-0.1, -0.05) is 18.2 Å². The van der Waals surface area contributed by atoms with Crippen molar-refractivity contribution in [2.45, 2.75) is 13.3 Å². The maximum Gasteiger partial charge on any atom is 0.144 e. The normalized spacial score (nSPS) is 10.4. The summed E-state index contributed by atoms with van der Waals surface area (Å²) < 4.78 is 10.7. The number of hydrogen-bond donors (Lipinski definition) is 2. The molecule has 2 aromatic carbocycles. The van der Waals surface area contributed by atoms with Crippen LogP contribution in [0.15, 0.2) is 42.5 Å². The molecule has 112 valence electrons. The number of methoxy groups -OCH3 is 1. The van der Waals surface area contributed by atoms with E-state index in [-0.39, 0.29) is 0 Å². The van der Waals surface area contributed by atoms with Crippen LogP contribution >= 0.6 is 0 Å². The van der Waals surface area contributed by atoms with Crippen LogP contribution < -0.4 is 15.8 Å². The Morgan fingerprint density at radius 2 is 1.95 bits per heavy atom. The Morgan fingerprint density at radius 1 is 1.14 bits per heavy atom. The Kier molecular flexibility index (Phi) is 5.46. The summed E-state index contributed by atoms with van der Waals surface area (Å²) in [6.07, 6.45) is 0.868. The first-order chi connectivity index (χ1) is 10.2. The highest BCUT2D eigenvalue weighted by Gasteiger charge is 2.05. The Bertz CT molecular complexity index is 585. The summed E-state index contributed by atoms with van der Waals surface area (Å²) in [5.74, 6) is 0.705. The van der Waals surface area contributed by atoms with E-state index in [0.29, 0.717) is 24.7 Å². The van der Waals surface area contributed by atoms with Gasteiger partial charge in [-0.2, -0.15) is 0 Å². The van der Waals surface area contributed by atoms with Crippen LogP contribution in [-0.2, 0) is 11.2 Å². The summed E-state index contributed by atoms with van der Waals surface area (Å²) >= 11 is 0. The van der Waals surface area contributed by atoms with Gasteiger partial charge in [0.25, 0.3) is 0 Å². The fourth-order valence-electron chi connectivity index (χ4n) is 2.12. The van der Waals surface area contributed by atoms with E-state index in [4.69, 9.17) is 15.2 Å². The molecule has 3 N–H and O–H groups in total. The summed E-state index contributed by atoms with van der Waals surface area (Å²) in [6, 6.07) is 13.9.